The van der Waals surface area contributed by atoms with Crippen molar-refractivity contribution in [3.63, 3.8) is 0 Å². The van der Waals surface area contributed by atoms with Crippen molar-refractivity contribution in [1.29, 1.82) is 0 Å². The molecule has 2 N–H and O–H groups in total. The first-order valence-electron chi connectivity index (χ1n) is 9.24. The van der Waals surface area contributed by atoms with Gasteiger partial charge in [0.25, 0.3) is 11.8 Å². The van der Waals surface area contributed by atoms with Crippen LogP contribution in [0.25, 0.3) is 5.57 Å². The maximum atomic E-state index is 12.5. The number of phenols is 2. The van der Waals surface area contributed by atoms with Crippen LogP contribution >= 0.6 is 0 Å². The molecule has 142 valence electrons. The number of ether oxygens (including phenoxy) is 1. The molecule has 2 aromatic rings. The SMILES string of the molecule is COc1ccc2c(c1)CCC1C2=CCc2c(O)c3c(c(O)c21)C(=O)N(C)C3=O. The van der Waals surface area contributed by atoms with E-state index in [2.05, 4.69) is 0 Å². The predicted molar refractivity (Wildman–Crippen MR) is 102 cm³/mol. The van der Waals surface area contributed by atoms with Crippen molar-refractivity contribution in [3.8, 4) is 17.2 Å². The molecule has 3 aliphatic rings. The summed E-state index contributed by atoms with van der Waals surface area (Å²) in [4.78, 5) is 25.8. The molecule has 2 aromatic carbocycles. The maximum Gasteiger partial charge on any atom is 0.265 e. The molecular formula is C22H19NO5. The topological polar surface area (TPSA) is 87.1 Å². The smallest absolute Gasteiger partial charge is 0.265 e. The number of rotatable bonds is 1. The van der Waals surface area contributed by atoms with Gasteiger partial charge in [-0.1, -0.05) is 12.1 Å². The molecule has 1 aliphatic heterocycles. The molecule has 5 rings (SSSR count). The van der Waals surface area contributed by atoms with Gasteiger partial charge in [0.15, 0.2) is 0 Å². The number of allylic oxidation sites excluding steroid dienone is 2. The zero-order valence-electron chi connectivity index (χ0n) is 15.6. The number of fused-ring (bicyclic) bond motifs is 6. The number of methoxy groups -OCH3 is 1. The highest BCUT2D eigenvalue weighted by atomic mass is 16.5. The minimum Gasteiger partial charge on any atom is -0.507 e. The molecule has 1 unspecified atom stereocenters. The molecule has 2 aliphatic carbocycles. The molecular weight excluding hydrogens is 358 g/mol. The summed E-state index contributed by atoms with van der Waals surface area (Å²) >= 11 is 0. The van der Waals surface area contributed by atoms with Crippen LogP contribution in [-0.4, -0.2) is 41.1 Å². The third-order valence-electron chi connectivity index (χ3n) is 6.20. The van der Waals surface area contributed by atoms with E-state index in [1.165, 1.54) is 12.6 Å². The molecule has 1 heterocycles. The number of nitrogens with zero attached hydrogens (tertiary/aromatic N) is 1. The van der Waals surface area contributed by atoms with Crippen LogP contribution in [0, 0.1) is 0 Å². The highest BCUT2D eigenvalue weighted by Gasteiger charge is 2.43. The van der Waals surface area contributed by atoms with Gasteiger partial charge in [-0.15, -0.1) is 0 Å². The number of carbonyl (C=O) groups excluding carboxylic acids is 2. The number of imide groups is 1. The van der Waals surface area contributed by atoms with Gasteiger partial charge in [0.2, 0.25) is 0 Å². The lowest BCUT2D eigenvalue weighted by molar-refractivity contribution is 0.0691. The van der Waals surface area contributed by atoms with Crippen LogP contribution in [0.1, 0.15) is 55.3 Å². The van der Waals surface area contributed by atoms with E-state index in [4.69, 9.17) is 4.74 Å². The third kappa shape index (κ3) is 1.97. The van der Waals surface area contributed by atoms with E-state index in [1.54, 1.807) is 7.11 Å². The predicted octanol–water partition coefficient (Wildman–Crippen LogP) is 3.00. The molecule has 6 nitrogen and oxygen atoms in total. The van der Waals surface area contributed by atoms with Gasteiger partial charge in [-0.3, -0.25) is 14.5 Å². The van der Waals surface area contributed by atoms with E-state index >= 15 is 0 Å². The van der Waals surface area contributed by atoms with Crippen LogP contribution in [0.15, 0.2) is 24.3 Å². The number of aryl methyl sites for hydroxylation is 1. The van der Waals surface area contributed by atoms with Crippen LogP contribution in [0.5, 0.6) is 17.2 Å². The Morgan fingerprint density at radius 1 is 1.11 bits per heavy atom. The Bertz CT molecular complexity index is 1110. The normalized spacial score (nSPS) is 19.6. The van der Waals surface area contributed by atoms with Gasteiger partial charge in [-0.25, -0.2) is 0 Å². The lowest BCUT2D eigenvalue weighted by Gasteiger charge is -2.34. The molecule has 1 atom stereocenters. The van der Waals surface area contributed by atoms with Gasteiger partial charge in [-0.05, 0) is 48.1 Å². The lowest BCUT2D eigenvalue weighted by atomic mass is 9.70. The van der Waals surface area contributed by atoms with Crippen molar-refractivity contribution in [3.05, 3.63) is 57.7 Å². The van der Waals surface area contributed by atoms with Crippen molar-refractivity contribution in [2.45, 2.75) is 25.2 Å². The monoisotopic (exact) mass is 377 g/mol. The molecule has 0 radical (unpaired) electrons. The molecule has 0 aromatic heterocycles. The number of hydrogen-bond donors (Lipinski definition) is 2. The lowest BCUT2D eigenvalue weighted by Crippen LogP contribution is -2.24. The average Bonchev–Trinajstić information content (AvgIpc) is 2.95. The van der Waals surface area contributed by atoms with Gasteiger partial charge in [-0.2, -0.15) is 0 Å². The quantitative estimate of drug-likeness (QED) is 0.589. The first kappa shape index (κ1) is 16.9. The van der Waals surface area contributed by atoms with Gasteiger partial charge in [0.05, 0.1) is 18.2 Å². The number of amides is 2. The fraction of sp³-hybridized carbons (Fsp3) is 0.273. The summed E-state index contributed by atoms with van der Waals surface area (Å²) in [5, 5.41) is 21.8. The number of carbonyl (C=O) groups is 2. The third-order valence-corrected chi connectivity index (χ3v) is 6.20. The summed E-state index contributed by atoms with van der Waals surface area (Å²) in [5.74, 6) is -0.826. The maximum absolute atomic E-state index is 12.5. The molecule has 0 saturated carbocycles. The van der Waals surface area contributed by atoms with Crippen LogP contribution in [-0.2, 0) is 12.8 Å². The zero-order valence-corrected chi connectivity index (χ0v) is 15.6. The van der Waals surface area contributed by atoms with Crippen molar-refractivity contribution in [1.82, 2.24) is 4.90 Å². The van der Waals surface area contributed by atoms with Crippen molar-refractivity contribution >= 4 is 17.4 Å². The number of phenolic OH excluding ortho intramolecular Hbond substituents is 2. The van der Waals surface area contributed by atoms with E-state index in [1.807, 2.05) is 24.3 Å². The van der Waals surface area contributed by atoms with Crippen molar-refractivity contribution in [2.24, 2.45) is 0 Å². The van der Waals surface area contributed by atoms with E-state index in [0.717, 1.165) is 34.6 Å². The Labute approximate surface area is 161 Å². The Morgan fingerprint density at radius 3 is 2.54 bits per heavy atom. The fourth-order valence-corrected chi connectivity index (χ4v) is 4.81. The van der Waals surface area contributed by atoms with Crippen LogP contribution in [0.3, 0.4) is 0 Å². The fourth-order valence-electron chi connectivity index (χ4n) is 4.81. The number of hydrogen-bond acceptors (Lipinski definition) is 5. The minimum absolute atomic E-state index is 0.0782. The Balaban J connectivity index is 1.71. The van der Waals surface area contributed by atoms with Crippen LogP contribution < -0.4 is 4.74 Å². The van der Waals surface area contributed by atoms with E-state index in [0.29, 0.717) is 17.5 Å². The van der Waals surface area contributed by atoms with E-state index in [-0.39, 0.29) is 28.5 Å². The van der Waals surface area contributed by atoms with Gasteiger partial charge in [0, 0.05) is 24.1 Å². The highest BCUT2D eigenvalue weighted by molar-refractivity contribution is 6.24. The van der Waals surface area contributed by atoms with Gasteiger partial charge >= 0.3 is 0 Å². The molecule has 6 heteroatoms. The summed E-state index contributed by atoms with van der Waals surface area (Å²) in [6, 6.07) is 5.96. The summed E-state index contributed by atoms with van der Waals surface area (Å²) in [6.07, 6.45) is 3.97. The molecule has 0 bridgehead atoms. The second kappa shape index (κ2) is 5.61. The summed E-state index contributed by atoms with van der Waals surface area (Å²) in [7, 11) is 3.00. The molecule has 0 spiro atoms. The minimum atomic E-state index is -0.577. The summed E-state index contributed by atoms with van der Waals surface area (Å²) < 4.78 is 5.32. The number of benzene rings is 2. The first-order chi connectivity index (χ1) is 13.4. The Hall–Kier alpha value is -3.28. The standard InChI is InChI=1S/C22H19NO5/c1-23-21(26)17-18(22(23)27)20(25)16-14-5-3-10-9-11(28-2)4-6-12(10)13(14)7-8-15(16)19(17)24/h4,6-7,9,14,24-25H,3,5,8H2,1-2H3. The van der Waals surface area contributed by atoms with Gasteiger partial charge < -0.3 is 14.9 Å². The largest absolute Gasteiger partial charge is 0.507 e. The van der Waals surface area contributed by atoms with Crippen molar-refractivity contribution in [2.75, 3.05) is 14.2 Å². The second-order valence-corrected chi connectivity index (χ2v) is 7.49. The molecule has 0 saturated heterocycles. The second-order valence-electron chi connectivity index (χ2n) is 7.49. The molecule has 0 fully saturated rings. The average molecular weight is 377 g/mol. The highest BCUT2D eigenvalue weighted by Crippen LogP contribution is 2.53. The van der Waals surface area contributed by atoms with Crippen LogP contribution in [0.4, 0.5) is 0 Å². The number of aromatic hydroxyl groups is 2. The molecule has 2 amide bonds. The van der Waals surface area contributed by atoms with Gasteiger partial charge in [0.1, 0.15) is 17.2 Å². The summed E-state index contributed by atoms with van der Waals surface area (Å²) in [5.41, 5.74) is 4.32. The zero-order chi connectivity index (χ0) is 19.7. The Kier molecular flexibility index (Phi) is 3.38. The van der Waals surface area contributed by atoms with Crippen LogP contribution in [0.2, 0.25) is 0 Å². The van der Waals surface area contributed by atoms with Crippen molar-refractivity contribution < 1.29 is 24.5 Å². The Morgan fingerprint density at radius 2 is 1.82 bits per heavy atom. The first-order valence-corrected chi connectivity index (χ1v) is 9.24. The summed E-state index contributed by atoms with van der Waals surface area (Å²) in [6.45, 7) is 0. The van der Waals surface area contributed by atoms with E-state index < -0.39 is 11.8 Å². The van der Waals surface area contributed by atoms with E-state index in [9.17, 15) is 19.8 Å². The molecule has 28 heavy (non-hydrogen) atoms.